The van der Waals surface area contributed by atoms with Crippen LogP contribution in [0.1, 0.15) is 21.9 Å². The summed E-state index contributed by atoms with van der Waals surface area (Å²) in [7, 11) is 0. The summed E-state index contributed by atoms with van der Waals surface area (Å²) in [6.45, 7) is -0.361. The van der Waals surface area contributed by atoms with E-state index in [9.17, 15) is 32.3 Å². The van der Waals surface area contributed by atoms with Crippen LogP contribution in [0.2, 0.25) is 5.02 Å². The summed E-state index contributed by atoms with van der Waals surface area (Å²) in [5.41, 5.74) is -0.567. The molecule has 3 aromatic carbocycles. The van der Waals surface area contributed by atoms with Crippen LogP contribution in [-0.4, -0.2) is 27.5 Å². The third-order valence-corrected chi connectivity index (χ3v) is 9.94. The zero-order valence-electron chi connectivity index (χ0n) is 21.3. The first-order valence-electron chi connectivity index (χ1n) is 12.6. The molecule has 0 spiro atoms. The van der Waals surface area contributed by atoms with Crippen LogP contribution >= 0.6 is 34.7 Å². The van der Waals surface area contributed by atoms with E-state index in [2.05, 4.69) is 5.32 Å². The molecule has 6 rings (SSSR count). The Bertz CT molecular complexity index is 1770. The molecule has 2 aliphatic rings. The van der Waals surface area contributed by atoms with Crippen molar-refractivity contribution in [2.75, 3.05) is 10.2 Å². The van der Waals surface area contributed by atoms with E-state index < -0.39 is 57.1 Å². The zero-order valence-corrected chi connectivity index (χ0v) is 23.7. The quantitative estimate of drug-likeness (QED) is 0.273. The first-order valence-corrected chi connectivity index (χ1v) is 14.7. The van der Waals surface area contributed by atoms with E-state index in [1.54, 1.807) is 54.6 Å². The highest BCUT2D eigenvalue weighted by atomic mass is 35.5. The maximum atomic E-state index is 13.9. The summed E-state index contributed by atoms with van der Waals surface area (Å²) >= 11 is 7.86. The smallest absolute Gasteiger partial charge is 0.325 e. The number of nitrogens with zero attached hydrogens (tertiary/aromatic N) is 2. The summed E-state index contributed by atoms with van der Waals surface area (Å²) in [4.78, 5) is 54.4. The Morgan fingerprint density at radius 2 is 1.57 bits per heavy atom. The van der Waals surface area contributed by atoms with Crippen molar-refractivity contribution in [3.8, 4) is 0 Å². The highest BCUT2D eigenvalue weighted by molar-refractivity contribution is 8.00. The Balaban J connectivity index is 1.44. The minimum absolute atomic E-state index is 0.321. The number of fused-ring (bicyclic) bond motifs is 2. The molecule has 3 heterocycles. The van der Waals surface area contributed by atoms with E-state index in [1.165, 1.54) is 16.7 Å². The Morgan fingerprint density at radius 3 is 2.26 bits per heavy atom. The second kappa shape index (κ2) is 10.8. The number of hydrogen-bond acceptors (Lipinski definition) is 6. The molecule has 0 bridgehead atoms. The second-order valence-electron chi connectivity index (χ2n) is 9.66. The average molecular weight is 630 g/mol. The Kier molecular flexibility index (Phi) is 7.24. The third kappa shape index (κ3) is 4.93. The lowest BCUT2D eigenvalue weighted by Crippen LogP contribution is -2.33. The molecule has 3 atom stereocenters. The molecule has 1 N–H and O–H groups in total. The maximum absolute atomic E-state index is 13.9. The van der Waals surface area contributed by atoms with Crippen LogP contribution in [0.5, 0.6) is 0 Å². The summed E-state index contributed by atoms with van der Waals surface area (Å²) in [5, 5.41) is 2.32. The minimum atomic E-state index is -4.81. The molecule has 0 unspecified atom stereocenters. The average Bonchev–Trinajstić information content (AvgIpc) is 3.39. The highest BCUT2D eigenvalue weighted by Crippen LogP contribution is 2.54. The van der Waals surface area contributed by atoms with Gasteiger partial charge in [-0.2, -0.15) is 13.2 Å². The van der Waals surface area contributed by atoms with Crippen LogP contribution in [-0.2, 0) is 27.1 Å². The number of para-hydroxylation sites is 2. The van der Waals surface area contributed by atoms with Gasteiger partial charge in [0.2, 0.25) is 17.7 Å². The number of hydrogen-bond donors (Lipinski definition) is 1. The summed E-state index contributed by atoms with van der Waals surface area (Å²) in [6, 6.07) is 19.6. The molecule has 0 aliphatic carbocycles. The number of alkyl halides is 3. The van der Waals surface area contributed by atoms with Gasteiger partial charge in [0.1, 0.15) is 11.8 Å². The van der Waals surface area contributed by atoms with Gasteiger partial charge in [-0.15, -0.1) is 0 Å². The van der Waals surface area contributed by atoms with Crippen LogP contribution in [0.15, 0.2) is 88.7 Å². The van der Waals surface area contributed by atoms with Gasteiger partial charge in [0.15, 0.2) is 0 Å². The van der Waals surface area contributed by atoms with Crippen molar-refractivity contribution in [1.82, 2.24) is 4.57 Å². The molecule has 13 heteroatoms. The minimum Gasteiger partial charge on any atom is -0.325 e. The number of amides is 3. The summed E-state index contributed by atoms with van der Waals surface area (Å²) in [6.07, 6.45) is -4.81. The summed E-state index contributed by atoms with van der Waals surface area (Å²) < 4.78 is 43.0. The van der Waals surface area contributed by atoms with Crippen LogP contribution in [0.4, 0.5) is 24.5 Å². The van der Waals surface area contributed by atoms with Gasteiger partial charge in [-0.05, 0) is 42.0 Å². The molecule has 1 saturated heterocycles. The van der Waals surface area contributed by atoms with E-state index >= 15 is 0 Å². The molecule has 1 fully saturated rings. The molecule has 7 nitrogen and oxygen atoms in total. The van der Waals surface area contributed by atoms with Crippen molar-refractivity contribution in [3.05, 3.63) is 110 Å². The zero-order chi connectivity index (χ0) is 29.8. The van der Waals surface area contributed by atoms with Crippen LogP contribution < -0.4 is 15.1 Å². The Morgan fingerprint density at radius 1 is 0.905 bits per heavy atom. The fourth-order valence-electron chi connectivity index (χ4n) is 5.30. The SMILES string of the molecule is O=C(Cn1c2c(sc1=O)[C@@H](c1ccc(Cl)cc1)[C@@H]1C(=O)N(c3ccccc3C(F)(F)F)C(=O)[C@@H]1S2)Nc1ccccc1. The number of aromatic nitrogens is 1. The molecular weight excluding hydrogens is 611 g/mol. The number of thioether (sulfide) groups is 1. The lowest BCUT2D eigenvalue weighted by Gasteiger charge is -2.30. The molecule has 0 saturated carbocycles. The first-order chi connectivity index (χ1) is 20.0. The number of imide groups is 1. The molecule has 3 amide bonds. The standard InChI is InChI=1S/C29H19ClF3N3O4S2/c30-16-12-10-15(11-13-16)21-22-23(26(39)36(25(22)38)19-9-5-4-8-18(19)29(31,32)33)41-27-24(21)42-28(40)35(27)14-20(37)34-17-6-2-1-3-7-17/h1-13,21-23H,14H2,(H,34,37)/t21-,22-,23+/m0/s1. The number of carbonyl (C=O) groups excluding carboxylic acids is 3. The van der Waals surface area contributed by atoms with Gasteiger partial charge < -0.3 is 5.32 Å². The molecule has 42 heavy (non-hydrogen) atoms. The number of nitrogens with one attached hydrogen (secondary N) is 1. The monoisotopic (exact) mass is 629 g/mol. The first kappa shape index (κ1) is 28.3. The van der Waals surface area contributed by atoms with Crippen molar-refractivity contribution in [2.45, 2.75) is 28.9 Å². The number of anilines is 2. The van der Waals surface area contributed by atoms with Crippen molar-refractivity contribution >= 4 is 63.8 Å². The fourth-order valence-corrected chi connectivity index (χ4v) is 8.20. The van der Waals surface area contributed by atoms with E-state index in [-0.39, 0.29) is 6.54 Å². The van der Waals surface area contributed by atoms with E-state index in [1.807, 2.05) is 0 Å². The normalized spacial score (nSPS) is 19.9. The highest BCUT2D eigenvalue weighted by Gasteiger charge is 2.57. The molecule has 1 aromatic heterocycles. The topological polar surface area (TPSA) is 88.5 Å². The van der Waals surface area contributed by atoms with Gasteiger partial charge in [-0.3, -0.25) is 23.7 Å². The van der Waals surface area contributed by atoms with Gasteiger partial charge >= 0.3 is 11.0 Å². The Hall–Kier alpha value is -3.87. The van der Waals surface area contributed by atoms with Gasteiger partial charge in [-0.25, -0.2) is 4.90 Å². The molecular formula is C29H19ClF3N3O4S2. The molecule has 2 aliphatic heterocycles. The number of benzene rings is 3. The number of carbonyl (C=O) groups is 3. The van der Waals surface area contributed by atoms with Crippen LogP contribution in [0.3, 0.4) is 0 Å². The lowest BCUT2D eigenvalue weighted by atomic mass is 9.83. The van der Waals surface area contributed by atoms with Crippen LogP contribution in [0.25, 0.3) is 0 Å². The van der Waals surface area contributed by atoms with E-state index in [0.717, 1.165) is 35.2 Å². The third-order valence-electron chi connectivity index (χ3n) is 7.09. The van der Waals surface area contributed by atoms with E-state index in [0.29, 0.717) is 31.1 Å². The van der Waals surface area contributed by atoms with Gasteiger partial charge in [0, 0.05) is 21.5 Å². The molecule has 4 aromatic rings. The van der Waals surface area contributed by atoms with Crippen LogP contribution in [0, 0.1) is 5.92 Å². The maximum Gasteiger partial charge on any atom is 0.418 e. The van der Waals surface area contributed by atoms with Crippen molar-refractivity contribution < 1.29 is 27.6 Å². The molecule has 0 radical (unpaired) electrons. The predicted octanol–water partition coefficient (Wildman–Crippen LogP) is 6.02. The van der Waals surface area contributed by atoms with Gasteiger partial charge in [0.25, 0.3) is 0 Å². The summed E-state index contributed by atoms with van der Waals surface area (Å²) in [5.74, 6) is -4.03. The number of halogens is 4. The lowest BCUT2D eigenvalue weighted by molar-refractivity contribution is -0.137. The Labute approximate surface area is 249 Å². The number of thiazole rings is 1. The van der Waals surface area contributed by atoms with Gasteiger partial charge in [0.05, 0.1) is 22.2 Å². The number of rotatable bonds is 5. The predicted molar refractivity (Wildman–Crippen MR) is 154 cm³/mol. The molecule has 214 valence electrons. The second-order valence-corrected chi connectivity index (χ2v) is 12.2. The largest absolute Gasteiger partial charge is 0.418 e. The van der Waals surface area contributed by atoms with Crippen molar-refractivity contribution in [1.29, 1.82) is 0 Å². The fraction of sp³-hybridized carbons (Fsp3) is 0.172. The van der Waals surface area contributed by atoms with E-state index in [4.69, 9.17) is 11.6 Å². The van der Waals surface area contributed by atoms with Crippen molar-refractivity contribution in [3.63, 3.8) is 0 Å². The van der Waals surface area contributed by atoms with Crippen molar-refractivity contribution in [2.24, 2.45) is 5.92 Å². The van der Waals surface area contributed by atoms with Gasteiger partial charge in [-0.1, -0.05) is 77.2 Å².